The highest BCUT2D eigenvalue weighted by molar-refractivity contribution is 6.34. The number of benzene rings is 1. The topological polar surface area (TPSA) is 87.2 Å². The molecule has 12 heteroatoms. The van der Waals surface area contributed by atoms with Gasteiger partial charge in [0.25, 0.3) is 0 Å². The number of nitrogens with zero attached hydrogens (tertiary/aromatic N) is 8. The van der Waals surface area contributed by atoms with Gasteiger partial charge < -0.3 is 4.57 Å². The Kier molecular flexibility index (Phi) is 4.10. The number of halogens is 4. The molecule has 152 valence electrons. The average molecular weight is 433 g/mol. The first kappa shape index (κ1) is 18.7. The summed E-state index contributed by atoms with van der Waals surface area (Å²) < 4.78 is 43.5. The molecule has 0 saturated heterocycles. The van der Waals surface area contributed by atoms with E-state index in [9.17, 15) is 13.2 Å². The van der Waals surface area contributed by atoms with Crippen LogP contribution in [0.4, 0.5) is 13.2 Å². The van der Waals surface area contributed by atoms with Crippen molar-refractivity contribution in [1.82, 2.24) is 39.5 Å². The van der Waals surface area contributed by atoms with Crippen LogP contribution in [0.2, 0.25) is 5.02 Å². The van der Waals surface area contributed by atoms with Crippen molar-refractivity contribution in [2.75, 3.05) is 0 Å². The minimum Gasteiger partial charge on any atom is -0.301 e. The molecule has 30 heavy (non-hydrogen) atoms. The Morgan fingerprint density at radius 2 is 1.73 bits per heavy atom. The van der Waals surface area contributed by atoms with Gasteiger partial charge in [0.15, 0.2) is 11.6 Å². The van der Waals surface area contributed by atoms with Gasteiger partial charge in [0.05, 0.1) is 16.6 Å². The molecule has 8 nitrogen and oxygen atoms in total. The maximum absolute atomic E-state index is 13.3. The van der Waals surface area contributed by atoms with E-state index in [1.807, 2.05) is 11.5 Å². The van der Waals surface area contributed by atoms with Crippen LogP contribution in [0.25, 0.3) is 34.6 Å². The van der Waals surface area contributed by atoms with Crippen LogP contribution in [0.15, 0.2) is 36.8 Å². The molecule has 1 atom stereocenters. The Bertz CT molecular complexity index is 1250. The molecule has 0 radical (unpaired) electrons. The van der Waals surface area contributed by atoms with E-state index in [1.54, 1.807) is 16.8 Å². The highest BCUT2D eigenvalue weighted by atomic mass is 35.5. The monoisotopic (exact) mass is 432 g/mol. The Hall–Kier alpha value is -3.34. The molecule has 0 bridgehead atoms. The van der Waals surface area contributed by atoms with E-state index < -0.39 is 16.8 Å². The van der Waals surface area contributed by atoms with Crippen LogP contribution in [-0.4, -0.2) is 39.5 Å². The second-order valence-corrected chi connectivity index (χ2v) is 7.16. The minimum atomic E-state index is -4.57. The highest BCUT2D eigenvalue weighted by Gasteiger charge is 2.36. The standard InChI is InChI=1S/C18H12ClF3N8/c1-9-7-29-15(12-5-6-23-8-24-12)26-27-16(29)17-28-25-14(30(9)17)10-3-2-4-11(13(10)19)18(20,21)22/h2-6,8-9H,7H2,1H3. The van der Waals surface area contributed by atoms with Gasteiger partial charge in [0.1, 0.15) is 12.0 Å². The zero-order chi connectivity index (χ0) is 21.0. The summed E-state index contributed by atoms with van der Waals surface area (Å²) in [6.07, 6.45) is -1.55. The molecule has 0 saturated carbocycles. The molecule has 0 amide bonds. The maximum Gasteiger partial charge on any atom is 0.417 e. The summed E-state index contributed by atoms with van der Waals surface area (Å²) in [5, 5.41) is 16.3. The molecular weight excluding hydrogens is 421 g/mol. The van der Waals surface area contributed by atoms with Gasteiger partial charge in [-0.1, -0.05) is 17.7 Å². The zero-order valence-corrected chi connectivity index (χ0v) is 16.1. The molecule has 3 aromatic heterocycles. The number of rotatable bonds is 2. The average Bonchev–Trinajstić information content (AvgIpc) is 3.32. The molecule has 1 aliphatic rings. The molecule has 0 N–H and O–H groups in total. The third kappa shape index (κ3) is 2.76. The Labute approximate surface area is 172 Å². The summed E-state index contributed by atoms with van der Waals surface area (Å²) in [6, 6.07) is 5.25. The predicted octanol–water partition coefficient (Wildman–Crippen LogP) is 3.91. The first-order valence-corrected chi connectivity index (χ1v) is 9.25. The van der Waals surface area contributed by atoms with E-state index >= 15 is 0 Å². The van der Waals surface area contributed by atoms with Gasteiger partial charge in [0, 0.05) is 18.3 Å². The van der Waals surface area contributed by atoms with E-state index in [-0.39, 0.29) is 17.4 Å². The van der Waals surface area contributed by atoms with Crippen molar-refractivity contribution in [3.63, 3.8) is 0 Å². The fraction of sp³-hybridized carbons (Fsp3) is 0.222. The lowest BCUT2D eigenvalue weighted by Crippen LogP contribution is -2.22. The Morgan fingerprint density at radius 3 is 2.47 bits per heavy atom. The van der Waals surface area contributed by atoms with Crippen molar-refractivity contribution in [3.05, 3.63) is 47.4 Å². The normalized spacial score (nSPS) is 15.7. The summed E-state index contributed by atoms with van der Waals surface area (Å²) in [5.41, 5.74) is -0.164. The number of hydrogen-bond donors (Lipinski definition) is 0. The van der Waals surface area contributed by atoms with Gasteiger partial charge in [0.2, 0.25) is 11.6 Å². The van der Waals surface area contributed by atoms with Crippen molar-refractivity contribution >= 4 is 11.6 Å². The van der Waals surface area contributed by atoms with E-state index in [1.165, 1.54) is 18.5 Å². The number of hydrogen-bond acceptors (Lipinski definition) is 6. The first-order chi connectivity index (χ1) is 14.4. The van der Waals surface area contributed by atoms with Gasteiger partial charge in [-0.15, -0.1) is 20.4 Å². The van der Waals surface area contributed by atoms with Gasteiger partial charge in [-0.25, -0.2) is 9.97 Å². The Balaban J connectivity index is 1.66. The first-order valence-electron chi connectivity index (χ1n) is 8.87. The summed E-state index contributed by atoms with van der Waals surface area (Å²) in [7, 11) is 0. The molecule has 4 heterocycles. The van der Waals surface area contributed by atoms with Crippen LogP contribution >= 0.6 is 11.6 Å². The number of aromatic nitrogens is 8. The maximum atomic E-state index is 13.3. The largest absolute Gasteiger partial charge is 0.417 e. The van der Waals surface area contributed by atoms with E-state index in [4.69, 9.17) is 11.6 Å². The number of alkyl halides is 3. The van der Waals surface area contributed by atoms with Crippen LogP contribution in [0.3, 0.4) is 0 Å². The lowest BCUT2D eigenvalue weighted by atomic mass is 10.1. The van der Waals surface area contributed by atoms with E-state index in [0.717, 1.165) is 6.07 Å². The van der Waals surface area contributed by atoms with Gasteiger partial charge >= 0.3 is 6.18 Å². The van der Waals surface area contributed by atoms with Crippen LogP contribution in [0.5, 0.6) is 0 Å². The minimum absolute atomic E-state index is 0.154. The second kappa shape index (κ2) is 6.59. The molecule has 0 fully saturated rings. The molecule has 0 aliphatic carbocycles. The zero-order valence-electron chi connectivity index (χ0n) is 15.3. The summed E-state index contributed by atoms with van der Waals surface area (Å²) in [4.78, 5) is 8.11. The highest BCUT2D eigenvalue weighted by Crippen LogP contribution is 2.41. The van der Waals surface area contributed by atoms with E-state index in [0.29, 0.717) is 29.7 Å². The molecule has 5 rings (SSSR count). The predicted molar refractivity (Wildman–Crippen MR) is 100 cm³/mol. The lowest BCUT2D eigenvalue weighted by Gasteiger charge is -2.25. The molecular formula is C18H12ClF3N8. The molecule has 4 aromatic rings. The molecule has 1 aromatic carbocycles. The van der Waals surface area contributed by atoms with Gasteiger partial charge in [-0.2, -0.15) is 13.2 Å². The quantitative estimate of drug-likeness (QED) is 0.477. The molecule has 1 unspecified atom stereocenters. The van der Waals surface area contributed by atoms with Crippen molar-refractivity contribution < 1.29 is 13.2 Å². The third-order valence-corrected chi connectivity index (χ3v) is 5.30. The van der Waals surface area contributed by atoms with Crippen LogP contribution in [0.1, 0.15) is 18.5 Å². The van der Waals surface area contributed by atoms with Crippen LogP contribution in [-0.2, 0) is 12.7 Å². The summed E-state index contributed by atoms with van der Waals surface area (Å²) in [6.45, 7) is 2.36. The van der Waals surface area contributed by atoms with Gasteiger partial charge in [-0.3, -0.25) is 4.57 Å². The van der Waals surface area contributed by atoms with Crippen LogP contribution < -0.4 is 0 Å². The summed E-state index contributed by atoms with van der Waals surface area (Å²) >= 11 is 6.11. The fourth-order valence-electron chi connectivity index (χ4n) is 3.57. The lowest BCUT2D eigenvalue weighted by molar-refractivity contribution is -0.137. The molecule has 0 spiro atoms. The second-order valence-electron chi connectivity index (χ2n) is 6.78. The van der Waals surface area contributed by atoms with Crippen molar-refractivity contribution in [1.29, 1.82) is 0 Å². The smallest absolute Gasteiger partial charge is 0.301 e. The van der Waals surface area contributed by atoms with Crippen LogP contribution in [0, 0.1) is 0 Å². The summed E-state index contributed by atoms with van der Waals surface area (Å²) in [5.74, 6) is 1.63. The fourth-order valence-corrected chi connectivity index (χ4v) is 3.89. The third-order valence-electron chi connectivity index (χ3n) is 4.89. The van der Waals surface area contributed by atoms with Crippen molar-refractivity contribution in [2.24, 2.45) is 0 Å². The molecule has 1 aliphatic heterocycles. The SMILES string of the molecule is CC1Cn2c(-c3ccncn3)nnc2-c2nnc(-c3cccc(C(F)(F)F)c3Cl)n21. The van der Waals surface area contributed by atoms with Crippen molar-refractivity contribution in [2.45, 2.75) is 25.7 Å². The Morgan fingerprint density at radius 1 is 1.00 bits per heavy atom. The van der Waals surface area contributed by atoms with Crippen molar-refractivity contribution in [3.8, 4) is 34.6 Å². The number of fused-ring (bicyclic) bond motifs is 3. The van der Waals surface area contributed by atoms with Gasteiger partial charge in [-0.05, 0) is 25.1 Å². The van der Waals surface area contributed by atoms with E-state index in [2.05, 4.69) is 30.4 Å².